The number of carbonyl (C=O) groups excluding carboxylic acids is 1. The maximum absolute atomic E-state index is 12.5. The van der Waals surface area contributed by atoms with Gasteiger partial charge in [-0.1, -0.05) is 29.3 Å². The molecule has 1 aliphatic heterocycles. The van der Waals surface area contributed by atoms with E-state index in [0.717, 1.165) is 25.9 Å². The summed E-state index contributed by atoms with van der Waals surface area (Å²) in [6.07, 6.45) is 2.34. The summed E-state index contributed by atoms with van der Waals surface area (Å²) in [6, 6.07) is 5.03. The van der Waals surface area contributed by atoms with Crippen LogP contribution in [0.1, 0.15) is 35.1 Å². The third-order valence-electron chi connectivity index (χ3n) is 4.10. The highest BCUT2D eigenvalue weighted by atomic mass is 35.5. The van der Waals surface area contributed by atoms with E-state index < -0.39 is 12.1 Å². The zero-order chi connectivity index (χ0) is 17.8. The number of H-pyrrole nitrogens is 1. The Morgan fingerprint density at radius 3 is 2.64 bits per heavy atom. The van der Waals surface area contributed by atoms with Crippen molar-refractivity contribution >= 4 is 34.8 Å². The molecule has 1 amide bonds. The van der Waals surface area contributed by atoms with E-state index in [2.05, 4.69) is 26.1 Å². The minimum atomic E-state index is -0.994. The first-order valence-electron chi connectivity index (χ1n) is 8.00. The second-order valence-electron chi connectivity index (χ2n) is 5.83. The predicted octanol–water partition coefficient (Wildman–Crippen LogP) is 2.30. The number of amides is 1. The molecule has 134 valence electrons. The van der Waals surface area contributed by atoms with Crippen molar-refractivity contribution < 1.29 is 9.90 Å². The number of benzene rings is 1. The van der Waals surface area contributed by atoms with E-state index in [9.17, 15) is 9.90 Å². The summed E-state index contributed by atoms with van der Waals surface area (Å²) in [4.78, 5) is 12.5. The molecule has 0 bridgehead atoms. The van der Waals surface area contributed by atoms with Crippen molar-refractivity contribution in [1.82, 2.24) is 20.8 Å². The van der Waals surface area contributed by atoms with Gasteiger partial charge in [0, 0.05) is 12.2 Å². The van der Waals surface area contributed by atoms with Gasteiger partial charge >= 0.3 is 0 Å². The van der Waals surface area contributed by atoms with E-state index >= 15 is 0 Å². The zero-order valence-electron chi connectivity index (χ0n) is 13.4. The van der Waals surface area contributed by atoms with Crippen LogP contribution in [0.2, 0.25) is 10.0 Å². The molecule has 0 saturated carbocycles. The van der Waals surface area contributed by atoms with Crippen molar-refractivity contribution in [2.45, 2.75) is 25.1 Å². The molecule has 1 fully saturated rings. The normalized spacial score (nSPS) is 16.6. The summed E-state index contributed by atoms with van der Waals surface area (Å²) >= 11 is 12.1. The molecule has 1 unspecified atom stereocenters. The van der Waals surface area contributed by atoms with Crippen LogP contribution in [0.15, 0.2) is 24.4 Å². The fourth-order valence-corrected chi connectivity index (χ4v) is 3.37. The summed E-state index contributed by atoms with van der Waals surface area (Å²) in [5.41, 5.74) is 0.865. The van der Waals surface area contributed by atoms with Gasteiger partial charge in [0.05, 0.1) is 21.3 Å². The topological polar surface area (TPSA) is 102 Å². The maximum atomic E-state index is 12.5. The molecule has 0 aliphatic carbocycles. The zero-order valence-corrected chi connectivity index (χ0v) is 14.9. The van der Waals surface area contributed by atoms with Gasteiger partial charge in [-0.2, -0.15) is 5.10 Å². The number of aromatic nitrogens is 2. The molecular weight excluding hydrogens is 365 g/mol. The lowest BCUT2D eigenvalue weighted by atomic mass is 10.1. The SMILES string of the molecule is O=C(Nc1c[nH]nc1C(O)NC1CCNCC1)c1c(Cl)cccc1Cl. The molecule has 3 rings (SSSR count). The fraction of sp³-hybridized carbons (Fsp3) is 0.375. The van der Waals surface area contributed by atoms with E-state index in [1.165, 1.54) is 6.20 Å². The number of carbonyl (C=O) groups is 1. The van der Waals surface area contributed by atoms with E-state index in [-0.39, 0.29) is 21.7 Å². The number of piperidine rings is 1. The summed E-state index contributed by atoms with van der Waals surface area (Å²) in [7, 11) is 0. The third-order valence-corrected chi connectivity index (χ3v) is 4.73. The molecule has 1 aliphatic rings. The second kappa shape index (κ2) is 8.16. The average molecular weight is 384 g/mol. The van der Waals surface area contributed by atoms with Gasteiger partial charge in [-0.05, 0) is 38.1 Å². The molecule has 1 aromatic carbocycles. The minimum Gasteiger partial charge on any atom is -0.372 e. The van der Waals surface area contributed by atoms with Crippen LogP contribution in [-0.4, -0.2) is 40.3 Å². The van der Waals surface area contributed by atoms with Gasteiger partial charge in [0.25, 0.3) is 5.91 Å². The Kier molecular flexibility index (Phi) is 5.93. The quantitative estimate of drug-likeness (QED) is 0.509. The van der Waals surface area contributed by atoms with Crippen LogP contribution in [0.3, 0.4) is 0 Å². The number of rotatable bonds is 5. The van der Waals surface area contributed by atoms with Gasteiger partial charge in [0.1, 0.15) is 5.69 Å². The number of aliphatic hydroxyl groups excluding tert-OH is 1. The Morgan fingerprint density at radius 1 is 1.28 bits per heavy atom. The lowest BCUT2D eigenvalue weighted by Gasteiger charge is -2.26. The first-order chi connectivity index (χ1) is 12.1. The molecule has 1 saturated heterocycles. The Hall–Kier alpha value is -1.64. The lowest BCUT2D eigenvalue weighted by molar-refractivity contribution is 0.102. The summed E-state index contributed by atoms with van der Waals surface area (Å²) < 4.78 is 0. The smallest absolute Gasteiger partial charge is 0.258 e. The van der Waals surface area contributed by atoms with Gasteiger partial charge in [0.15, 0.2) is 6.23 Å². The monoisotopic (exact) mass is 383 g/mol. The van der Waals surface area contributed by atoms with Crippen molar-refractivity contribution in [2.75, 3.05) is 18.4 Å². The summed E-state index contributed by atoms with van der Waals surface area (Å²) in [5.74, 6) is -0.465. The van der Waals surface area contributed by atoms with Crippen LogP contribution in [0.4, 0.5) is 5.69 Å². The molecule has 9 heteroatoms. The molecule has 2 heterocycles. The Morgan fingerprint density at radius 2 is 1.96 bits per heavy atom. The number of hydrogen-bond donors (Lipinski definition) is 5. The van der Waals surface area contributed by atoms with Gasteiger partial charge in [-0.3, -0.25) is 15.2 Å². The molecule has 5 N–H and O–H groups in total. The first-order valence-corrected chi connectivity index (χ1v) is 8.75. The number of hydrogen-bond acceptors (Lipinski definition) is 5. The Labute approximate surface area is 155 Å². The van der Waals surface area contributed by atoms with Gasteiger partial charge in [0.2, 0.25) is 0 Å². The van der Waals surface area contributed by atoms with Crippen molar-refractivity contribution in [3.63, 3.8) is 0 Å². The standard InChI is InChI=1S/C16H19Cl2N5O2/c17-10-2-1-3-11(18)13(10)15(24)22-12-8-20-23-14(12)16(25)21-9-4-6-19-7-5-9/h1-3,8-9,16,19,21,25H,4-7H2,(H,20,23)(H,22,24). The highest BCUT2D eigenvalue weighted by Crippen LogP contribution is 2.26. The number of nitrogens with one attached hydrogen (secondary N) is 4. The maximum Gasteiger partial charge on any atom is 0.258 e. The van der Waals surface area contributed by atoms with Crippen LogP contribution in [0.25, 0.3) is 0 Å². The molecule has 1 aromatic heterocycles. The molecule has 2 aromatic rings. The number of halogens is 2. The minimum absolute atomic E-state index is 0.179. The van der Waals surface area contributed by atoms with Crippen molar-refractivity contribution in [2.24, 2.45) is 0 Å². The summed E-state index contributed by atoms with van der Waals surface area (Å²) in [6.45, 7) is 1.80. The molecule has 0 radical (unpaired) electrons. The fourth-order valence-electron chi connectivity index (χ4n) is 2.80. The Bertz CT molecular complexity index is 726. The van der Waals surface area contributed by atoms with E-state index in [4.69, 9.17) is 23.2 Å². The van der Waals surface area contributed by atoms with Gasteiger partial charge in [-0.15, -0.1) is 0 Å². The van der Waals surface area contributed by atoms with E-state index in [1.807, 2.05) is 0 Å². The third kappa shape index (κ3) is 4.31. The number of nitrogens with zero attached hydrogens (tertiary/aromatic N) is 1. The molecule has 7 nitrogen and oxygen atoms in total. The van der Waals surface area contributed by atoms with Crippen molar-refractivity contribution in [3.05, 3.63) is 45.7 Å². The van der Waals surface area contributed by atoms with Crippen LogP contribution in [-0.2, 0) is 0 Å². The Balaban J connectivity index is 1.72. The predicted molar refractivity (Wildman–Crippen MR) is 97.0 cm³/mol. The van der Waals surface area contributed by atoms with Crippen LogP contribution in [0.5, 0.6) is 0 Å². The van der Waals surface area contributed by atoms with Crippen LogP contribution in [0, 0.1) is 0 Å². The average Bonchev–Trinajstić information content (AvgIpc) is 3.04. The van der Waals surface area contributed by atoms with Crippen LogP contribution >= 0.6 is 23.2 Å². The first kappa shape index (κ1) is 18.2. The molecular formula is C16H19Cl2N5O2. The van der Waals surface area contributed by atoms with Crippen molar-refractivity contribution in [3.8, 4) is 0 Å². The lowest BCUT2D eigenvalue weighted by Crippen LogP contribution is -2.41. The highest BCUT2D eigenvalue weighted by molar-refractivity contribution is 6.40. The van der Waals surface area contributed by atoms with Crippen LogP contribution < -0.4 is 16.0 Å². The number of aliphatic hydroxyl groups is 1. The van der Waals surface area contributed by atoms with Gasteiger partial charge in [-0.25, -0.2) is 0 Å². The van der Waals surface area contributed by atoms with E-state index in [1.54, 1.807) is 18.2 Å². The number of aromatic amines is 1. The molecule has 1 atom stereocenters. The molecule has 25 heavy (non-hydrogen) atoms. The largest absolute Gasteiger partial charge is 0.372 e. The second-order valence-corrected chi connectivity index (χ2v) is 6.64. The van der Waals surface area contributed by atoms with E-state index in [0.29, 0.717) is 11.4 Å². The number of anilines is 1. The highest BCUT2D eigenvalue weighted by Gasteiger charge is 2.23. The summed E-state index contributed by atoms with van der Waals surface area (Å²) in [5, 5.41) is 26.7. The van der Waals surface area contributed by atoms with Crippen molar-refractivity contribution in [1.29, 1.82) is 0 Å². The van der Waals surface area contributed by atoms with Gasteiger partial charge < -0.3 is 15.7 Å². The molecule has 0 spiro atoms.